The van der Waals surface area contributed by atoms with E-state index in [2.05, 4.69) is 0 Å². The largest absolute Gasteiger partial charge is 0.478 e. The summed E-state index contributed by atoms with van der Waals surface area (Å²) in [5.41, 5.74) is 2.33. The fourth-order valence-electron chi connectivity index (χ4n) is 3.24. The predicted molar refractivity (Wildman–Crippen MR) is 86.8 cm³/mol. The summed E-state index contributed by atoms with van der Waals surface area (Å²) < 4.78 is 26.9. The van der Waals surface area contributed by atoms with Crippen LogP contribution in [-0.4, -0.2) is 17.0 Å². The second-order valence-electron chi connectivity index (χ2n) is 6.20. The van der Waals surface area contributed by atoms with Crippen LogP contribution >= 0.6 is 0 Å². The predicted octanol–water partition coefficient (Wildman–Crippen LogP) is 5.38. The van der Waals surface area contributed by atoms with Gasteiger partial charge in [-0.05, 0) is 60.2 Å². The van der Waals surface area contributed by atoms with E-state index in [-0.39, 0.29) is 5.56 Å². The zero-order valence-corrected chi connectivity index (χ0v) is 12.9. The molecule has 0 bridgehead atoms. The lowest BCUT2D eigenvalue weighted by Gasteiger charge is -2.27. The standard InChI is InChI=1S/C19H18F2O2/c1-19(20,21)15-8-5-12(6-9-15)16-4-2-3-13-11-14(18(22)23)7-10-17(13)16/h2-5,7,10-11,15H,6,8-9H2,1H3,(H,22,23). The first-order chi connectivity index (χ1) is 10.9. The van der Waals surface area contributed by atoms with Gasteiger partial charge in [0.05, 0.1) is 5.56 Å². The molecule has 0 heterocycles. The van der Waals surface area contributed by atoms with E-state index in [0.29, 0.717) is 19.3 Å². The third-order valence-electron chi connectivity index (χ3n) is 4.60. The van der Waals surface area contributed by atoms with Gasteiger partial charge in [-0.1, -0.05) is 30.3 Å². The van der Waals surface area contributed by atoms with Crippen molar-refractivity contribution in [2.24, 2.45) is 5.92 Å². The van der Waals surface area contributed by atoms with Gasteiger partial charge in [0.25, 0.3) is 0 Å². The molecule has 0 saturated heterocycles. The molecule has 1 aliphatic carbocycles. The highest BCUT2D eigenvalue weighted by Gasteiger charge is 2.34. The van der Waals surface area contributed by atoms with Gasteiger partial charge in [0, 0.05) is 5.92 Å². The third kappa shape index (κ3) is 3.11. The molecule has 3 rings (SSSR count). The summed E-state index contributed by atoms with van der Waals surface area (Å²) in [5, 5.41) is 10.9. The molecule has 2 nitrogen and oxygen atoms in total. The number of carbonyl (C=O) groups is 1. The maximum absolute atomic E-state index is 13.4. The molecule has 0 aromatic heterocycles. The summed E-state index contributed by atoms with van der Waals surface area (Å²) >= 11 is 0. The van der Waals surface area contributed by atoms with Gasteiger partial charge in [-0.15, -0.1) is 0 Å². The summed E-state index contributed by atoms with van der Waals surface area (Å²) in [6.07, 6.45) is 3.38. The van der Waals surface area contributed by atoms with E-state index in [1.54, 1.807) is 18.2 Å². The highest BCUT2D eigenvalue weighted by Crippen LogP contribution is 2.39. The van der Waals surface area contributed by atoms with Gasteiger partial charge in [0.1, 0.15) is 0 Å². The molecule has 0 radical (unpaired) electrons. The van der Waals surface area contributed by atoms with E-state index >= 15 is 0 Å². The minimum absolute atomic E-state index is 0.248. The van der Waals surface area contributed by atoms with E-state index < -0.39 is 17.8 Å². The van der Waals surface area contributed by atoms with Crippen LogP contribution in [0, 0.1) is 5.92 Å². The quantitative estimate of drug-likeness (QED) is 0.825. The Morgan fingerprint density at radius 2 is 2.04 bits per heavy atom. The fourth-order valence-corrected chi connectivity index (χ4v) is 3.24. The molecule has 2 aromatic rings. The number of benzene rings is 2. The van der Waals surface area contributed by atoms with Crippen LogP contribution in [-0.2, 0) is 0 Å². The number of halogens is 2. The Hall–Kier alpha value is -2.23. The molecule has 0 amide bonds. The van der Waals surface area contributed by atoms with Crippen LogP contribution < -0.4 is 0 Å². The Morgan fingerprint density at radius 1 is 1.26 bits per heavy atom. The van der Waals surface area contributed by atoms with Crippen molar-refractivity contribution in [3.05, 3.63) is 53.6 Å². The average molecular weight is 316 g/mol. The van der Waals surface area contributed by atoms with Crippen molar-refractivity contribution in [3.63, 3.8) is 0 Å². The van der Waals surface area contributed by atoms with Crippen LogP contribution in [0.15, 0.2) is 42.5 Å². The monoisotopic (exact) mass is 316 g/mol. The number of allylic oxidation sites excluding steroid dienone is 2. The van der Waals surface area contributed by atoms with Gasteiger partial charge in [-0.2, -0.15) is 0 Å². The molecule has 0 saturated carbocycles. The number of fused-ring (bicyclic) bond motifs is 1. The lowest BCUT2D eigenvalue weighted by molar-refractivity contribution is -0.0421. The number of hydrogen-bond donors (Lipinski definition) is 1. The summed E-state index contributed by atoms with van der Waals surface area (Å²) in [6, 6.07) is 10.8. The second-order valence-corrected chi connectivity index (χ2v) is 6.20. The topological polar surface area (TPSA) is 37.3 Å². The first-order valence-electron chi connectivity index (χ1n) is 7.69. The van der Waals surface area contributed by atoms with E-state index in [0.717, 1.165) is 28.8 Å². The van der Waals surface area contributed by atoms with E-state index in [1.807, 2.05) is 24.3 Å². The van der Waals surface area contributed by atoms with Crippen LogP contribution in [0.5, 0.6) is 0 Å². The normalized spacial score (nSPS) is 18.7. The molecule has 1 aliphatic rings. The number of alkyl halides is 2. The van der Waals surface area contributed by atoms with Crippen molar-refractivity contribution in [2.75, 3.05) is 0 Å². The number of carboxylic acid groups (broad SMARTS) is 1. The minimum atomic E-state index is -2.64. The molecule has 0 aliphatic heterocycles. The Balaban J connectivity index is 1.98. The first-order valence-corrected chi connectivity index (χ1v) is 7.69. The van der Waals surface area contributed by atoms with Crippen LogP contribution in [0.25, 0.3) is 16.3 Å². The van der Waals surface area contributed by atoms with Crippen molar-refractivity contribution in [1.82, 2.24) is 0 Å². The summed E-state index contributed by atoms with van der Waals surface area (Å²) in [6.45, 7) is 0.988. The average Bonchev–Trinajstić information content (AvgIpc) is 2.53. The summed E-state index contributed by atoms with van der Waals surface area (Å²) in [5.74, 6) is -4.20. The molecule has 0 fully saturated rings. The summed E-state index contributed by atoms with van der Waals surface area (Å²) in [4.78, 5) is 11.1. The Labute approximate surface area is 133 Å². The SMILES string of the molecule is CC(F)(F)C1CC=C(c2cccc3cc(C(=O)O)ccc23)CC1. The minimum Gasteiger partial charge on any atom is -0.478 e. The molecule has 4 heteroatoms. The van der Waals surface area contributed by atoms with Crippen molar-refractivity contribution < 1.29 is 18.7 Å². The van der Waals surface area contributed by atoms with Crippen LogP contribution in [0.1, 0.15) is 42.1 Å². The van der Waals surface area contributed by atoms with Gasteiger partial charge in [-0.25, -0.2) is 13.6 Å². The van der Waals surface area contributed by atoms with E-state index in [4.69, 9.17) is 5.11 Å². The Kier molecular flexibility index (Phi) is 3.92. The molecule has 1 atom stereocenters. The maximum atomic E-state index is 13.4. The fraction of sp³-hybridized carbons (Fsp3) is 0.316. The van der Waals surface area contributed by atoms with Crippen molar-refractivity contribution in [1.29, 1.82) is 0 Å². The molecular formula is C19H18F2O2. The third-order valence-corrected chi connectivity index (χ3v) is 4.60. The smallest absolute Gasteiger partial charge is 0.335 e. The van der Waals surface area contributed by atoms with Crippen molar-refractivity contribution >= 4 is 22.3 Å². The van der Waals surface area contributed by atoms with Crippen LogP contribution in [0.4, 0.5) is 8.78 Å². The maximum Gasteiger partial charge on any atom is 0.335 e. The number of hydrogen-bond acceptors (Lipinski definition) is 1. The van der Waals surface area contributed by atoms with Crippen LogP contribution in [0.3, 0.4) is 0 Å². The zero-order chi connectivity index (χ0) is 16.6. The van der Waals surface area contributed by atoms with E-state index in [9.17, 15) is 13.6 Å². The van der Waals surface area contributed by atoms with E-state index in [1.165, 1.54) is 0 Å². The van der Waals surface area contributed by atoms with Gasteiger partial charge in [-0.3, -0.25) is 0 Å². The molecule has 120 valence electrons. The number of carboxylic acids is 1. The lowest BCUT2D eigenvalue weighted by Crippen LogP contribution is -2.25. The molecular weight excluding hydrogens is 298 g/mol. The molecule has 1 N–H and O–H groups in total. The molecule has 0 spiro atoms. The van der Waals surface area contributed by atoms with Gasteiger partial charge in [0.15, 0.2) is 0 Å². The summed E-state index contributed by atoms with van der Waals surface area (Å²) in [7, 11) is 0. The van der Waals surface area contributed by atoms with Crippen molar-refractivity contribution in [2.45, 2.75) is 32.1 Å². The second kappa shape index (κ2) is 5.76. The Bertz CT molecular complexity index is 788. The first kappa shape index (κ1) is 15.7. The molecule has 2 aromatic carbocycles. The number of aromatic carboxylic acids is 1. The van der Waals surface area contributed by atoms with Crippen LogP contribution in [0.2, 0.25) is 0 Å². The highest BCUT2D eigenvalue weighted by atomic mass is 19.3. The van der Waals surface area contributed by atoms with Gasteiger partial charge >= 0.3 is 5.97 Å². The lowest BCUT2D eigenvalue weighted by atomic mass is 9.82. The van der Waals surface area contributed by atoms with Gasteiger partial charge in [0.2, 0.25) is 5.92 Å². The highest BCUT2D eigenvalue weighted by molar-refractivity contribution is 5.99. The molecule has 1 unspecified atom stereocenters. The van der Waals surface area contributed by atoms with Crippen molar-refractivity contribution in [3.8, 4) is 0 Å². The molecule has 23 heavy (non-hydrogen) atoms. The number of rotatable bonds is 3. The zero-order valence-electron chi connectivity index (χ0n) is 12.9. The Morgan fingerprint density at radius 3 is 2.65 bits per heavy atom. The van der Waals surface area contributed by atoms with Gasteiger partial charge < -0.3 is 5.11 Å².